The number of non-ortho nitro benzene ring substituents is 1. The van der Waals surface area contributed by atoms with E-state index in [-0.39, 0.29) is 17.3 Å². The number of hydrogen-bond acceptors (Lipinski definition) is 7. The van der Waals surface area contributed by atoms with Crippen molar-refractivity contribution in [1.82, 2.24) is 10.1 Å². The zero-order valence-electron chi connectivity index (χ0n) is 11.1. The fourth-order valence-electron chi connectivity index (χ4n) is 1.52. The molecule has 2 N–H and O–H groups in total. The molecule has 0 unspecified atom stereocenters. The maximum atomic E-state index is 10.6. The number of nitro benzene ring substituents is 1. The van der Waals surface area contributed by atoms with Crippen molar-refractivity contribution in [2.75, 3.05) is 5.73 Å². The fourth-order valence-corrected chi connectivity index (χ4v) is 2.12. The molecule has 0 aliphatic carbocycles. The predicted octanol–water partition coefficient (Wildman–Crippen LogP) is 2.87. The van der Waals surface area contributed by atoms with E-state index in [0.29, 0.717) is 22.4 Å². The summed E-state index contributed by atoms with van der Waals surface area (Å²) < 4.78 is 5.14. The fraction of sp³-hybridized carbons (Fsp3) is 0.333. The number of rotatable bonds is 5. The van der Waals surface area contributed by atoms with Crippen LogP contribution in [0.4, 0.5) is 11.4 Å². The molecule has 1 heterocycles. The highest BCUT2D eigenvalue weighted by Gasteiger charge is 2.15. The van der Waals surface area contributed by atoms with E-state index in [4.69, 9.17) is 10.3 Å². The third kappa shape index (κ3) is 3.27. The van der Waals surface area contributed by atoms with Gasteiger partial charge >= 0.3 is 0 Å². The van der Waals surface area contributed by atoms with Crippen molar-refractivity contribution in [3.63, 3.8) is 0 Å². The molecule has 8 heteroatoms. The molecule has 2 rings (SSSR count). The Morgan fingerprint density at radius 2 is 2.25 bits per heavy atom. The van der Waals surface area contributed by atoms with Gasteiger partial charge in [0, 0.05) is 12.1 Å². The zero-order chi connectivity index (χ0) is 14.7. The SMILES string of the molecule is CC(C)SCc1noc(-c2ccc([N+](=O)[O-])cc2N)n1. The van der Waals surface area contributed by atoms with Gasteiger partial charge in [-0.2, -0.15) is 16.7 Å². The van der Waals surface area contributed by atoms with E-state index in [1.807, 2.05) is 0 Å². The van der Waals surface area contributed by atoms with Crippen LogP contribution < -0.4 is 5.73 Å². The number of nitrogen functional groups attached to an aromatic ring is 1. The van der Waals surface area contributed by atoms with E-state index < -0.39 is 4.92 Å². The van der Waals surface area contributed by atoms with Crippen LogP contribution in [0.25, 0.3) is 11.5 Å². The standard InChI is InChI=1S/C12H14N4O3S/c1-7(2)20-6-11-14-12(19-15-11)9-4-3-8(16(17)18)5-10(9)13/h3-5,7H,6,13H2,1-2H3. The molecule has 1 aromatic carbocycles. The Bertz CT molecular complexity index is 627. The van der Waals surface area contributed by atoms with Crippen LogP contribution in [0.2, 0.25) is 0 Å². The minimum Gasteiger partial charge on any atom is -0.398 e. The quantitative estimate of drug-likeness (QED) is 0.513. The molecule has 0 bridgehead atoms. The van der Waals surface area contributed by atoms with Crippen LogP contribution in [0.1, 0.15) is 19.7 Å². The third-order valence-corrected chi connectivity index (χ3v) is 3.58. The number of nitrogens with two attached hydrogens (primary N) is 1. The second-order valence-corrected chi connectivity index (χ2v) is 5.97. The van der Waals surface area contributed by atoms with Crippen molar-refractivity contribution in [3.8, 4) is 11.5 Å². The summed E-state index contributed by atoms with van der Waals surface area (Å²) in [6.45, 7) is 4.17. The molecular formula is C12H14N4O3S. The molecule has 0 fully saturated rings. The molecule has 2 aromatic rings. The van der Waals surface area contributed by atoms with Gasteiger partial charge in [0.1, 0.15) is 0 Å². The Labute approximate surface area is 119 Å². The van der Waals surface area contributed by atoms with Crippen molar-refractivity contribution < 1.29 is 9.45 Å². The van der Waals surface area contributed by atoms with Crippen LogP contribution in [-0.2, 0) is 5.75 Å². The van der Waals surface area contributed by atoms with Crippen LogP contribution >= 0.6 is 11.8 Å². The smallest absolute Gasteiger partial charge is 0.271 e. The Morgan fingerprint density at radius 3 is 2.85 bits per heavy atom. The van der Waals surface area contributed by atoms with Gasteiger partial charge in [0.2, 0.25) is 0 Å². The lowest BCUT2D eigenvalue weighted by atomic mass is 10.1. The third-order valence-electron chi connectivity index (χ3n) is 2.49. The number of hydrogen-bond donors (Lipinski definition) is 1. The average Bonchev–Trinajstić information content (AvgIpc) is 2.84. The first-order valence-corrected chi connectivity index (χ1v) is 7.00. The Hall–Kier alpha value is -2.09. The first-order chi connectivity index (χ1) is 9.47. The first-order valence-electron chi connectivity index (χ1n) is 5.96. The number of aromatic nitrogens is 2. The number of benzene rings is 1. The van der Waals surface area contributed by atoms with E-state index in [1.165, 1.54) is 18.2 Å². The summed E-state index contributed by atoms with van der Waals surface area (Å²) in [6.07, 6.45) is 0. The second kappa shape index (κ2) is 5.91. The zero-order valence-corrected chi connectivity index (χ0v) is 11.9. The Balaban J connectivity index is 2.21. The lowest BCUT2D eigenvalue weighted by Gasteiger charge is -2.00. The average molecular weight is 294 g/mol. The lowest BCUT2D eigenvalue weighted by molar-refractivity contribution is -0.384. The normalized spacial score (nSPS) is 10.9. The van der Waals surface area contributed by atoms with Gasteiger partial charge in [-0.3, -0.25) is 10.1 Å². The topological polar surface area (TPSA) is 108 Å². The highest BCUT2D eigenvalue weighted by Crippen LogP contribution is 2.28. The van der Waals surface area contributed by atoms with Crippen LogP contribution in [0.15, 0.2) is 22.7 Å². The van der Waals surface area contributed by atoms with Gasteiger partial charge < -0.3 is 10.3 Å². The molecular weight excluding hydrogens is 280 g/mol. The molecule has 0 aliphatic heterocycles. The van der Waals surface area contributed by atoms with Crippen molar-refractivity contribution in [2.24, 2.45) is 0 Å². The molecule has 7 nitrogen and oxygen atoms in total. The van der Waals surface area contributed by atoms with E-state index in [2.05, 4.69) is 24.0 Å². The molecule has 0 spiro atoms. The molecule has 1 aromatic heterocycles. The molecule has 106 valence electrons. The van der Waals surface area contributed by atoms with Gasteiger partial charge in [-0.15, -0.1) is 0 Å². The Kier molecular flexibility index (Phi) is 4.23. The van der Waals surface area contributed by atoms with Crippen LogP contribution in [0.5, 0.6) is 0 Å². The van der Waals surface area contributed by atoms with E-state index in [0.717, 1.165) is 0 Å². The summed E-state index contributed by atoms with van der Waals surface area (Å²) in [4.78, 5) is 14.4. The van der Waals surface area contributed by atoms with Gasteiger partial charge in [0.05, 0.1) is 21.9 Å². The lowest BCUT2D eigenvalue weighted by Crippen LogP contribution is -1.94. The first kappa shape index (κ1) is 14.3. The number of nitrogens with zero attached hydrogens (tertiary/aromatic N) is 3. The van der Waals surface area contributed by atoms with Crippen molar-refractivity contribution >= 4 is 23.1 Å². The van der Waals surface area contributed by atoms with Crippen molar-refractivity contribution in [1.29, 1.82) is 0 Å². The van der Waals surface area contributed by atoms with Gasteiger partial charge in [-0.1, -0.05) is 19.0 Å². The molecule has 0 atom stereocenters. The second-order valence-electron chi connectivity index (χ2n) is 4.40. The highest BCUT2D eigenvalue weighted by molar-refractivity contribution is 7.99. The highest BCUT2D eigenvalue weighted by atomic mass is 32.2. The molecule has 0 saturated carbocycles. The summed E-state index contributed by atoms with van der Waals surface area (Å²) in [6, 6.07) is 4.15. The molecule has 20 heavy (non-hydrogen) atoms. The van der Waals surface area contributed by atoms with Crippen molar-refractivity contribution in [2.45, 2.75) is 24.9 Å². The molecule has 0 amide bonds. The molecule has 0 radical (unpaired) electrons. The van der Waals surface area contributed by atoms with Crippen LogP contribution in [0.3, 0.4) is 0 Å². The summed E-state index contributed by atoms with van der Waals surface area (Å²) in [5, 5.41) is 15.0. The monoisotopic (exact) mass is 294 g/mol. The largest absolute Gasteiger partial charge is 0.398 e. The summed E-state index contributed by atoms with van der Waals surface area (Å²) in [5.41, 5.74) is 6.46. The van der Waals surface area contributed by atoms with E-state index in [1.54, 1.807) is 11.8 Å². The Morgan fingerprint density at radius 1 is 1.50 bits per heavy atom. The summed E-state index contributed by atoms with van der Waals surface area (Å²) in [5.74, 6) is 1.50. The summed E-state index contributed by atoms with van der Waals surface area (Å²) in [7, 11) is 0. The van der Waals surface area contributed by atoms with E-state index in [9.17, 15) is 10.1 Å². The molecule has 0 aliphatic rings. The minimum atomic E-state index is -0.501. The van der Waals surface area contributed by atoms with Gasteiger partial charge in [0.25, 0.3) is 11.6 Å². The minimum absolute atomic E-state index is 0.0682. The van der Waals surface area contributed by atoms with Crippen LogP contribution in [0, 0.1) is 10.1 Å². The van der Waals surface area contributed by atoms with Crippen molar-refractivity contribution in [3.05, 3.63) is 34.1 Å². The number of anilines is 1. The van der Waals surface area contributed by atoms with Gasteiger partial charge in [-0.05, 0) is 11.3 Å². The van der Waals surface area contributed by atoms with E-state index >= 15 is 0 Å². The molecule has 0 saturated heterocycles. The summed E-state index contributed by atoms with van der Waals surface area (Å²) >= 11 is 1.70. The van der Waals surface area contributed by atoms with Crippen LogP contribution in [-0.4, -0.2) is 20.3 Å². The van der Waals surface area contributed by atoms with Gasteiger partial charge in [0.15, 0.2) is 5.82 Å². The maximum Gasteiger partial charge on any atom is 0.271 e. The maximum absolute atomic E-state index is 10.6. The number of thioether (sulfide) groups is 1. The predicted molar refractivity (Wildman–Crippen MR) is 77.2 cm³/mol. The number of nitro groups is 1. The van der Waals surface area contributed by atoms with Gasteiger partial charge in [-0.25, -0.2) is 0 Å².